The van der Waals surface area contributed by atoms with Gasteiger partial charge in [-0.3, -0.25) is 4.57 Å². The quantitative estimate of drug-likeness (QED) is 0.473. The molecule has 70 valence electrons. The van der Waals surface area contributed by atoms with Crippen LogP contribution in [0.3, 0.4) is 0 Å². The lowest BCUT2D eigenvalue weighted by atomic mass is 10.5. The van der Waals surface area contributed by atoms with Crippen molar-refractivity contribution in [2.24, 2.45) is 0 Å². The van der Waals surface area contributed by atoms with Crippen molar-refractivity contribution in [1.29, 1.82) is 0 Å². The predicted molar refractivity (Wildman–Crippen MR) is 54.0 cm³/mol. The molecule has 0 radical (unpaired) electrons. The second kappa shape index (κ2) is 5.34. The first-order valence-corrected chi connectivity index (χ1v) is 6.02. The Morgan fingerprint density at radius 2 is 1.75 bits per heavy atom. The van der Waals surface area contributed by atoms with Gasteiger partial charge in [0.15, 0.2) is 0 Å². The van der Waals surface area contributed by atoms with E-state index in [2.05, 4.69) is 13.2 Å². The van der Waals surface area contributed by atoms with Crippen molar-refractivity contribution in [3.05, 3.63) is 25.3 Å². The molecule has 0 rings (SSSR count). The third-order valence-electron chi connectivity index (χ3n) is 1.22. The number of hydrogen-bond acceptors (Lipinski definition) is 2. The molecule has 0 unspecified atom stereocenters. The van der Waals surface area contributed by atoms with E-state index < -0.39 is 7.37 Å². The van der Waals surface area contributed by atoms with Crippen LogP contribution in [0, 0.1) is 0 Å². The largest absolute Gasteiger partial charge is 0.325 e. The molecule has 0 aromatic heterocycles. The van der Waals surface area contributed by atoms with Gasteiger partial charge in [-0.1, -0.05) is 12.2 Å². The molecule has 0 aromatic rings. The van der Waals surface area contributed by atoms with Gasteiger partial charge in [0.2, 0.25) is 7.37 Å². The molecule has 0 atom stereocenters. The summed E-state index contributed by atoms with van der Waals surface area (Å²) in [6.45, 7) is 10.8. The molecular formula is C9H17O2P. The summed E-state index contributed by atoms with van der Waals surface area (Å²) in [4.78, 5) is 0. The minimum absolute atomic E-state index is 0.00395. The van der Waals surface area contributed by atoms with E-state index in [4.69, 9.17) is 4.52 Å². The maximum absolute atomic E-state index is 11.9. The maximum atomic E-state index is 11.9. The fourth-order valence-electron chi connectivity index (χ4n) is 0.938. The van der Waals surface area contributed by atoms with E-state index in [0.717, 1.165) is 0 Å². The van der Waals surface area contributed by atoms with Gasteiger partial charge in [0, 0.05) is 12.3 Å². The van der Waals surface area contributed by atoms with Crippen molar-refractivity contribution < 1.29 is 9.09 Å². The zero-order valence-corrected chi connectivity index (χ0v) is 8.72. The van der Waals surface area contributed by atoms with Crippen molar-refractivity contribution in [3.63, 3.8) is 0 Å². The second-order valence-corrected chi connectivity index (χ2v) is 5.48. The van der Waals surface area contributed by atoms with Crippen molar-refractivity contribution in [2.45, 2.75) is 20.0 Å². The first-order chi connectivity index (χ1) is 5.54. The Hall–Kier alpha value is -0.330. The van der Waals surface area contributed by atoms with Crippen molar-refractivity contribution in [2.75, 3.05) is 12.3 Å². The van der Waals surface area contributed by atoms with Gasteiger partial charge in [-0.25, -0.2) is 0 Å². The Morgan fingerprint density at radius 3 is 2.00 bits per heavy atom. The number of hydrogen-bond donors (Lipinski definition) is 0. The Balaban J connectivity index is 4.27. The third kappa shape index (κ3) is 4.53. The summed E-state index contributed by atoms with van der Waals surface area (Å²) in [5.74, 6) is 0. The van der Waals surface area contributed by atoms with E-state index in [9.17, 15) is 4.57 Å². The van der Waals surface area contributed by atoms with Gasteiger partial charge in [0.1, 0.15) is 0 Å². The summed E-state index contributed by atoms with van der Waals surface area (Å²) < 4.78 is 17.2. The van der Waals surface area contributed by atoms with Crippen LogP contribution in [-0.2, 0) is 9.09 Å². The fraction of sp³-hybridized carbons (Fsp3) is 0.556. The highest BCUT2D eigenvalue weighted by molar-refractivity contribution is 7.59. The molecule has 0 heterocycles. The fourth-order valence-corrected chi connectivity index (χ4v) is 2.81. The third-order valence-corrected chi connectivity index (χ3v) is 3.65. The van der Waals surface area contributed by atoms with E-state index >= 15 is 0 Å². The lowest BCUT2D eigenvalue weighted by Crippen LogP contribution is -2.04. The summed E-state index contributed by atoms with van der Waals surface area (Å²) in [6, 6.07) is 0. The highest BCUT2D eigenvalue weighted by Gasteiger charge is 2.20. The summed E-state index contributed by atoms with van der Waals surface area (Å²) in [5.41, 5.74) is 0. The Kier molecular flexibility index (Phi) is 5.19. The van der Waals surface area contributed by atoms with Crippen LogP contribution in [0.5, 0.6) is 0 Å². The zero-order chi connectivity index (χ0) is 9.61. The molecule has 0 aliphatic rings. The topological polar surface area (TPSA) is 26.3 Å². The number of allylic oxidation sites excluding steroid dienone is 2. The summed E-state index contributed by atoms with van der Waals surface area (Å²) in [5, 5.41) is 0. The first-order valence-electron chi connectivity index (χ1n) is 4.02. The normalized spacial score (nSPS) is 11.6. The van der Waals surface area contributed by atoms with E-state index in [0.29, 0.717) is 12.3 Å². The molecule has 12 heavy (non-hydrogen) atoms. The Labute approximate surface area is 74.8 Å². The average molecular weight is 188 g/mol. The van der Waals surface area contributed by atoms with Crippen LogP contribution in [0.2, 0.25) is 0 Å². The van der Waals surface area contributed by atoms with Crippen molar-refractivity contribution in [3.8, 4) is 0 Å². The smallest absolute Gasteiger partial charge is 0.210 e. The summed E-state index contributed by atoms with van der Waals surface area (Å²) >= 11 is 0. The van der Waals surface area contributed by atoms with E-state index in [1.54, 1.807) is 12.2 Å². The van der Waals surface area contributed by atoms with Gasteiger partial charge < -0.3 is 4.52 Å². The highest BCUT2D eigenvalue weighted by Crippen LogP contribution is 2.47. The summed E-state index contributed by atoms with van der Waals surface area (Å²) in [6.07, 6.45) is 4.11. The van der Waals surface area contributed by atoms with Crippen LogP contribution in [0.4, 0.5) is 0 Å². The lowest BCUT2D eigenvalue weighted by Gasteiger charge is -2.17. The van der Waals surface area contributed by atoms with Crippen LogP contribution in [-0.4, -0.2) is 18.4 Å². The zero-order valence-electron chi connectivity index (χ0n) is 7.82. The highest BCUT2D eigenvalue weighted by atomic mass is 31.2. The van der Waals surface area contributed by atoms with E-state index in [1.165, 1.54) is 0 Å². The van der Waals surface area contributed by atoms with Gasteiger partial charge in [-0.2, -0.15) is 0 Å². The van der Waals surface area contributed by atoms with Crippen LogP contribution in [0.1, 0.15) is 13.8 Å². The molecule has 0 spiro atoms. The lowest BCUT2D eigenvalue weighted by molar-refractivity contribution is 0.246. The molecule has 0 aliphatic carbocycles. The van der Waals surface area contributed by atoms with Gasteiger partial charge in [-0.15, -0.1) is 13.2 Å². The van der Waals surface area contributed by atoms with E-state index in [-0.39, 0.29) is 6.10 Å². The molecule has 0 saturated heterocycles. The average Bonchev–Trinajstić information content (AvgIpc) is 1.85. The van der Waals surface area contributed by atoms with Crippen molar-refractivity contribution >= 4 is 7.37 Å². The maximum Gasteiger partial charge on any atom is 0.210 e. The van der Waals surface area contributed by atoms with Gasteiger partial charge >= 0.3 is 0 Å². The monoisotopic (exact) mass is 188 g/mol. The number of rotatable bonds is 6. The summed E-state index contributed by atoms with van der Waals surface area (Å²) in [7, 11) is -2.51. The van der Waals surface area contributed by atoms with Gasteiger partial charge in [0.05, 0.1) is 6.10 Å². The van der Waals surface area contributed by atoms with Crippen LogP contribution in [0.15, 0.2) is 25.3 Å². The van der Waals surface area contributed by atoms with Gasteiger partial charge in [0.25, 0.3) is 0 Å². The molecule has 0 N–H and O–H groups in total. The molecular weight excluding hydrogens is 171 g/mol. The molecule has 0 amide bonds. The minimum atomic E-state index is -2.51. The molecule has 0 bridgehead atoms. The molecule has 0 saturated carbocycles. The molecule has 0 aromatic carbocycles. The Morgan fingerprint density at radius 1 is 1.33 bits per heavy atom. The molecule has 0 aliphatic heterocycles. The predicted octanol–water partition coefficient (Wildman–Crippen LogP) is 3.06. The molecule has 2 nitrogen and oxygen atoms in total. The SMILES string of the molecule is C=CCP(=O)(CC=C)OC(C)C. The van der Waals surface area contributed by atoms with Gasteiger partial charge in [-0.05, 0) is 13.8 Å². The minimum Gasteiger partial charge on any atom is -0.325 e. The second-order valence-electron chi connectivity index (χ2n) is 2.91. The Bertz CT molecular complexity index is 183. The standard InChI is InChI=1S/C9H17O2P/c1-5-7-12(10,8-6-2)11-9(3)4/h5-6,9H,1-2,7-8H2,3-4H3. The van der Waals surface area contributed by atoms with Crippen LogP contribution in [0.25, 0.3) is 0 Å². The molecule has 3 heteroatoms. The van der Waals surface area contributed by atoms with E-state index in [1.807, 2.05) is 13.8 Å². The van der Waals surface area contributed by atoms with Crippen LogP contribution >= 0.6 is 7.37 Å². The van der Waals surface area contributed by atoms with Crippen LogP contribution < -0.4 is 0 Å². The first kappa shape index (κ1) is 11.7. The molecule has 0 fully saturated rings. The van der Waals surface area contributed by atoms with Crippen molar-refractivity contribution in [1.82, 2.24) is 0 Å².